The first-order valence-corrected chi connectivity index (χ1v) is 12.1. The first kappa shape index (κ1) is 27.4. The number of halogens is 3. The average molecular weight is 467 g/mol. The monoisotopic (exact) mass is 466 g/mol. The third-order valence-electron chi connectivity index (χ3n) is 5.53. The Balaban J connectivity index is 2.12. The number of ether oxygens (including phenoxy) is 3. The molecule has 0 aliphatic heterocycles. The lowest BCUT2D eigenvalue weighted by Crippen LogP contribution is -2.24. The molecule has 0 spiro atoms. The fourth-order valence-corrected chi connectivity index (χ4v) is 3.82. The largest absolute Gasteiger partial charge is 0.330 e. The Hall–Kier alpha value is -1.89. The summed E-state index contributed by atoms with van der Waals surface area (Å²) in [6, 6.07) is 8.22. The lowest BCUT2D eigenvalue weighted by molar-refractivity contribution is -0.304. The summed E-state index contributed by atoms with van der Waals surface area (Å²) in [5.41, 5.74) is 0.973. The van der Waals surface area contributed by atoms with Crippen molar-refractivity contribution < 1.29 is 27.4 Å². The average Bonchev–Trinajstić information content (AvgIpc) is 2.78. The van der Waals surface area contributed by atoms with Gasteiger partial charge in [0.05, 0.1) is 11.7 Å². The van der Waals surface area contributed by atoms with E-state index in [1.165, 1.54) is 32.1 Å². The Morgan fingerprint density at radius 3 is 1.82 bits per heavy atom. The zero-order valence-corrected chi connectivity index (χ0v) is 20.0. The summed E-state index contributed by atoms with van der Waals surface area (Å²) < 4.78 is 58.9. The second-order valence-electron chi connectivity index (χ2n) is 8.10. The molecule has 0 heterocycles. The number of unbranched alkanes of at least 4 members (excludes halogenated alkanes) is 6. The van der Waals surface area contributed by atoms with Gasteiger partial charge in [0.15, 0.2) is 0 Å². The number of benzene rings is 2. The predicted octanol–water partition coefficient (Wildman–Crippen LogP) is 8.33. The van der Waals surface area contributed by atoms with E-state index < -0.39 is 23.9 Å². The SMILES string of the molecule is CCCCCCCCCC(OC(OCC)OCC)c1ccc(-c2c(F)cc(F)cc2F)cc1. The predicted molar refractivity (Wildman–Crippen MR) is 125 cm³/mol. The van der Waals surface area contributed by atoms with Crippen LogP contribution in [0.25, 0.3) is 11.1 Å². The molecule has 0 amide bonds. The smallest absolute Gasteiger partial charge is 0.272 e. The van der Waals surface area contributed by atoms with E-state index in [-0.39, 0.29) is 11.7 Å². The van der Waals surface area contributed by atoms with Gasteiger partial charge in [0.1, 0.15) is 17.5 Å². The van der Waals surface area contributed by atoms with Crippen LogP contribution in [0, 0.1) is 17.5 Å². The van der Waals surface area contributed by atoms with Crippen LogP contribution in [0.3, 0.4) is 0 Å². The molecular formula is C27H37F3O3. The van der Waals surface area contributed by atoms with Crippen molar-refractivity contribution in [3.8, 4) is 11.1 Å². The van der Waals surface area contributed by atoms with Crippen molar-refractivity contribution in [2.24, 2.45) is 0 Å². The minimum Gasteiger partial charge on any atom is -0.330 e. The lowest BCUT2D eigenvalue weighted by atomic mass is 9.98. The molecule has 2 aromatic carbocycles. The van der Waals surface area contributed by atoms with Crippen LogP contribution in [0.5, 0.6) is 0 Å². The van der Waals surface area contributed by atoms with E-state index in [4.69, 9.17) is 14.2 Å². The summed E-state index contributed by atoms with van der Waals surface area (Å²) in [7, 11) is 0. The fourth-order valence-electron chi connectivity index (χ4n) is 3.82. The Morgan fingerprint density at radius 1 is 0.727 bits per heavy atom. The van der Waals surface area contributed by atoms with E-state index in [0.29, 0.717) is 30.9 Å². The van der Waals surface area contributed by atoms with Crippen molar-refractivity contribution in [2.45, 2.75) is 84.7 Å². The highest BCUT2D eigenvalue weighted by Gasteiger charge is 2.20. The summed E-state index contributed by atoms with van der Waals surface area (Å²) in [4.78, 5) is 0. The van der Waals surface area contributed by atoms with Gasteiger partial charge in [-0.2, -0.15) is 0 Å². The lowest BCUT2D eigenvalue weighted by Gasteiger charge is -2.25. The van der Waals surface area contributed by atoms with Gasteiger partial charge in [-0.1, -0.05) is 76.1 Å². The highest BCUT2D eigenvalue weighted by atomic mass is 19.1. The van der Waals surface area contributed by atoms with E-state index in [1.54, 1.807) is 24.3 Å². The van der Waals surface area contributed by atoms with Crippen LogP contribution in [0.2, 0.25) is 0 Å². The highest BCUT2D eigenvalue weighted by molar-refractivity contribution is 5.65. The first-order chi connectivity index (χ1) is 16.0. The Labute approximate surface area is 196 Å². The third kappa shape index (κ3) is 9.11. The second-order valence-corrected chi connectivity index (χ2v) is 8.10. The molecule has 0 aromatic heterocycles. The molecule has 2 rings (SSSR count). The van der Waals surface area contributed by atoms with Gasteiger partial charge in [-0.15, -0.1) is 0 Å². The Kier molecular flexibility index (Phi) is 12.5. The molecule has 0 fully saturated rings. The molecule has 2 aromatic rings. The topological polar surface area (TPSA) is 27.7 Å². The van der Waals surface area contributed by atoms with Crippen molar-refractivity contribution >= 4 is 0 Å². The van der Waals surface area contributed by atoms with E-state index in [2.05, 4.69) is 6.92 Å². The molecule has 1 unspecified atom stereocenters. The van der Waals surface area contributed by atoms with Gasteiger partial charge in [-0.25, -0.2) is 13.2 Å². The van der Waals surface area contributed by atoms with E-state index in [1.807, 2.05) is 13.8 Å². The van der Waals surface area contributed by atoms with E-state index in [0.717, 1.165) is 24.8 Å². The molecule has 0 saturated heterocycles. The maximum absolute atomic E-state index is 14.2. The third-order valence-corrected chi connectivity index (χ3v) is 5.53. The molecule has 0 radical (unpaired) electrons. The van der Waals surface area contributed by atoms with Crippen molar-refractivity contribution in [3.63, 3.8) is 0 Å². The van der Waals surface area contributed by atoms with Crippen LogP contribution in [0.1, 0.15) is 83.8 Å². The summed E-state index contributed by atoms with van der Waals surface area (Å²) in [6.45, 7) is 6.09. The summed E-state index contributed by atoms with van der Waals surface area (Å²) >= 11 is 0. The van der Waals surface area contributed by atoms with Gasteiger partial charge in [0.2, 0.25) is 0 Å². The van der Waals surface area contributed by atoms with Crippen molar-refractivity contribution in [3.05, 3.63) is 59.4 Å². The highest BCUT2D eigenvalue weighted by Crippen LogP contribution is 2.31. The van der Waals surface area contributed by atoms with Crippen LogP contribution in [0.4, 0.5) is 13.2 Å². The summed E-state index contributed by atoms with van der Waals surface area (Å²) in [5, 5.41) is 0. The van der Waals surface area contributed by atoms with E-state index >= 15 is 0 Å². The van der Waals surface area contributed by atoms with Gasteiger partial charge >= 0.3 is 0 Å². The first-order valence-electron chi connectivity index (χ1n) is 12.1. The van der Waals surface area contributed by atoms with Crippen molar-refractivity contribution in [2.75, 3.05) is 13.2 Å². The van der Waals surface area contributed by atoms with Crippen LogP contribution in [-0.4, -0.2) is 19.7 Å². The quantitative estimate of drug-likeness (QED) is 0.184. The van der Waals surface area contributed by atoms with Crippen LogP contribution in [-0.2, 0) is 14.2 Å². The fraction of sp³-hybridized carbons (Fsp3) is 0.556. The molecule has 184 valence electrons. The Morgan fingerprint density at radius 2 is 1.27 bits per heavy atom. The van der Waals surface area contributed by atoms with Gasteiger partial charge < -0.3 is 14.2 Å². The Bertz CT molecular complexity index is 782. The minimum absolute atomic E-state index is 0.242. The summed E-state index contributed by atoms with van der Waals surface area (Å²) in [6.07, 6.45) is 8.81. The molecule has 6 heteroatoms. The van der Waals surface area contributed by atoms with Crippen LogP contribution >= 0.6 is 0 Å². The maximum Gasteiger partial charge on any atom is 0.272 e. The molecule has 0 aliphatic carbocycles. The number of rotatable bonds is 16. The molecule has 0 aliphatic rings. The van der Waals surface area contributed by atoms with Gasteiger partial charge in [-0.3, -0.25) is 0 Å². The second kappa shape index (κ2) is 15.1. The molecular weight excluding hydrogens is 429 g/mol. The molecule has 0 saturated carbocycles. The summed E-state index contributed by atoms with van der Waals surface area (Å²) in [5.74, 6) is -2.79. The zero-order chi connectivity index (χ0) is 24.1. The number of hydrogen-bond acceptors (Lipinski definition) is 3. The molecule has 0 N–H and O–H groups in total. The van der Waals surface area contributed by atoms with Crippen LogP contribution in [0.15, 0.2) is 36.4 Å². The van der Waals surface area contributed by atoms with Crippen molar-refractivity contribution in [1.82, 2.24) is 0 Å². The number of hydrogen-bond donors (Lipinski definition) is 0. The standard InChI is InChI=1S/C27H37F3O3/c1-4-7-8-9-10-11-12-13-25(33-27(31-5-2)32-6-3)20-14-16-21(17-15-20)26-23(29)18-22(28)19-24(26)30/h14-19,25,27H,4-13H2,1-3H3. The van der Waals surface area contributed by atoms with Gasteiger partial charge in [0.25, 0.3) is 6.48 Å². The molecule has 33 heavy (non-hydrogen) atoms. The van der Waals surface area contributed by atoms with Gasteiger partial charge in [-0.05, 0) is 31.4 Å². The minimum atomic E-state index is -0.939. The van der Waals surface area contributed by atoms with Gasteiger partial charge in [0, 0.05) is 25.3 Å². The molecule has 3 nitrogen and oxygen atoms in total. The van der Waals surface area contributed by atoms with Crippen LogP contribution < -0.4 is 0 Å². The van der Waals surface area contributed by atoms with Crippen molar-refractivity contribution in [1.29, 1.82) is 0 Å². The molecule has 1 atom stereocenters. The molecule has 0 bridgehead atoms. The normalized spacial score (nSPS) is 12.5. The zero-order valence-electron chi connectivity index (χ0n) is 20.0. The van der Waals surface area contributed by atoms with E-state index in [9.17, 15) is 13.2 Å². The maximum atomic E-state index is 14.2.